The topological polar surface area (TPSA) is 86.5 Å². The fourth-order valence-electron chi connectivity index (χ4n) is 2.75. The first-order valence-electron chi connectivity index (χ1n) is 8.87. The van der Waals surface area contributed by atoms with Crippen LogP contribution in [0.15, 0.2) is 52.1 Å². The summed E-state index contributed by atoms with van der Waals surface area (Å²) in [4.78, 5) is 12.5. The molecule has 1 aromatic heterocycles. The quantitative estimate of drug-likeness (QED) is 0.653. The van der Waals surface area contributed by atoms with E-state index in [9.17, 15) is 4.79 Å². The molecule has 0 bridgehead atoms. The predicted molar refractivity (Wildman–Crippen MR) is 106 cm³/mol. The molecule has 0 fully saturated rings. The minimum Gasteiger partial charge on any atom is -0.486 e. The first-order chi connectivity index (χ1) is 13.6. The second-order valence-electron chi connectivity index (χ2n) is 6.30. The van der Waals surface area contributed by atoms with Crippen LogP contribution in [0.25, 0.3) is 11.5 Å². The molecule has 1 aliphatic heterocycles. The largest absolute Gasteiger partial charge is 0.486 e. The summed E-state index contributed by atoms with van der Waals surface area (Å²) in [5.41, 5.74) is 2.58. The zero-order valence-corrected chi connectivity index (χ0v) is 16.3. The van der Waals surface area contributed by atoms with Crippen molar-refractivity contribution in [1.82, 2.24) is 10.2 Å². The summed E-state index contributed by atoms with van der Waals surface area (Å²) in [6.07, 6.45) is 0. The molecule has 28 heavy (non-hydrogen) atoms. The fraction of sp³-hybridized carbons (Fsp3) is 0.250. The molecule has 0 radical (unpaired) electrons. The summed E-state index contributed by atoms with van der Waals surface area (Å²) in [6, 6.07) is 13.1. The van der Waals surface area contributed by atoms with Gasteiger partial charge in [0.1, 0.15) is 13.2 Å². The van der Waals surface area contributed by atoms with E-state index in [0.717, 1.165) is 11.1 Å². The third-order valence-electron chi connectivity index (χ3n) is 4.24. The molecule has 3 aromatic rings. The van der Waals surface area contributed by atoms with Crippen LogP contribution in [0.3, 0.4) is 0 Å². The standard InChI is InChI=1S/C20H19N3O4S/c1-12-5-3-4-6-15(12)19-22-23-20(27-19)28-13(2)18(24)21-14-7-8-16-17(11-14)26-10-9-25-16/h3-8,11,13H,9-10H2,1-2H3,(H,21,24)/t13-/m0/s1. The number of hydrogen-bond acceptors (Lipinski definition) is 7. The lowest BCUT2D eigenvalue weighted by molar-refractivity contribution is -0.115. The first-order valence-corrected chi connectivity index (χ1v) is 9.75. The van der Waals surface area contributed by atoms with E-state index < -0.39 is 5.25 Å². The Morgan fingerprint density at radius 3 is 2.71 bits per heavy atom. The van der Waals surface area contributed by atoms with Gasteiger partial charge in [-0.2, -0.15) is 0 Å². The van der Waals surface area contributed by atoms with Crippen molar-refractivity contribution in [2.24, 2.45) is 0 Å². The number of anilines is 1. The van der Waals surface area contributed by atoms with Gasteiger partial charge in [0.15, 0.2) is 11.5 Å². The molecule has 1 atom stereocenters. The molecule has 7 nitrogen and oxygen atoms in total. The number of ether oxygens (including phenoxy) is 2. The highest BCUT2D eigenvalue weighted by Crippen LogP contribution is 2.33. The summed E-state index contributed by atoms with van der Waals surface area (Å²) in [5, 5.41) is 10.9. The average molecular weight is 397 g/mol. The highest BCUT2D eigenvalue weighted by molar-refractivity contribution is 8.00. The Labute approximate surface area is 166 Å². The smallest absolute Gasteiger partial charge is 0.277 e. The van der Waals surface area contributed by atoms with E-state index >= 15 is 0 Å². The Morgan fingerprint density at radius 2 is 1.89 bits per heavy atom. The molecule has 1 N–H and O–H groups in total. The maximum atomic E-state index is 12.5. The van der Waals surface area contributed by atoms with Crippen molar-refractivity contribution in [1.29, 1.82) is 0 Å². The number of aromatic nitrogens is 2. The van der Waals surface area contributed by atoms with E-state index in [1.165, 1.54) is 11.8 Å². The molecule has 1 amide bonds. The molecular formula is C20H19N3O4S. The summed E-state index contributed by atoms with van der Waals surface area (Å²) in [7, 11) is 0. The van der Waals surface area contributed by atoms with E-state index in [1.807, 2.05) is 31.2 Å². The molecule has 0 spiro atoms. The molecule has 0 unspecified atom stereocenters. The highest BCUT2D eigenvalue weighted by atomic mass is 32.2. The van der Waals surface area contributed by atoms with Gasteiger partial charge in [-0.1, -0.05) is 30.0 Å². The van der Waals surface area contributed by atoms with Crippen LogP contribution in [-0.2, 0) is 4.79 Å². The average Bonchev–Trinajstić information content (AvgIpc) is 3.16. The van der Waals surface area contributed by atoms with Crippen molar-refractivity contribution >= 4 is 23.4 Å². The summed E-state index contributed by atoms with van der Waals surface area (Å²) in [6.45, 7) is 4.80. The van der Waals surface area contributed by atoms with Crippen LogP contribution in [0.5, 0.6) is 11.5 Å². The van der Waals surface area contributed by atoms with E-state index in [-0.39, 0.29) is 5.91 Å². The van der Waals surface area contributed by atoms with Crippen molar-refractivity contribution in [2.45, 2.75) is 24.3 Å². The van der Waals surface area contributed by atoms with Crippen molar-refractivity contribution in [2.75, 3.05) is 18.5 Å². The third-order valence-corrected chi connectivity index (χ3v) is 5.17. The number of amides is 1. The third kappa shape index (κ3) is 3.96. The lowest BCUT2D eigenvalue weighted by Gasteiger charge is -2.19. The van der Waals surface area contributed by atoms with Crippen molar-refractivity contribution in [3.63, 3.8) is 0 Å². The SMILES string of the molecule is Cc1ccccc1-c1nnc(S[C@@H](C)C(=O)Nc2ccc3c(c2)OCCO3)o1. The van der Waals surface area contributed by atoms with E-state index in [0.29, 0.717) is 41.5 Å². The Bertz CT molecular complexity index is 1000. The monoisotopic (exact) mass is 397 g/mol. The van der Waals surface area contributed by atoms with Crippen LogP contribution in [0.4, 0.5) is 5.69 Å². The molecular weight excluding hydrogens is 378 g/mol. The van der Waals surface area contributed by atoms with Crippen LogP contribution in [0, 0.1) is 6.92 Å². The maximum Gasteiger partial charge on any atom is 0.277 e. The fourth-order valence-corrected chi connectivity index (χ4v) is 3.43. The van der Waals surface area contributed by atoms with Crippen molar-refractivity contribution in [3.05, 3.63) is 48.0 Å². The number of thioether (sulfide) groups is 1. The summed E-state index contributed by atoms with van der Waals surface area (Å²) < 4.78 is 16.7. The lowest BCUT2D eigenvalue weighted by Crippen LogP contribution is -2.22. The molecule has 0 saturated carbocycles. The van der Waals surface area contributed by atoms with Gasteiger partial charge in [0.25, 0.3) is 5.22 Å². The maximum absolute atomic E-state index is 12.5. The van der Waals surface area contributed by atoms with Gasteiger partial charge >= 0.3 is 0 Å². The van der Waals surface area contributed by atoms with Crippen LogP contribution in [0.1, 0.15) is 12.5 Å². The molecule has 8 heteroatoms. The number of benzene rings is 2. The Balaban J connectivity index is 1.40. The predicted octanol–water partition coefficient (Wildman–Crippen LogP) is 3.94. The van der Waals surface area contributed by atoms with Crippen LogP contribution >= 0.6 is 11.8 Å². The van der Waals surface area contributed by atoms with Gasteiger partial charge in [0.05, 0.1) is 5.25 Å². The van der Waals surface area contributed by atoms with Crippen molar-refractivity contribution in [3.8, 4) is 23.0 Å². The van der Waals surface area contributed by atoms with Crippen molar-refractivity contribution < 1.29 is 18.7 Å². The van der Waals surface area contributed by atoms with Gasteiger partial charge in [0, 0.05) is 17.3 Å². The van der Waals surface area contributed by atoms with Gasteiger partial charge < -0.3 is 19.2 Å². The molecule has 2 aromatic carbocycles. The number of fused-ring (bicyclic) bond motifs is 1. The Kier molecular flexibility index (Phi) is 5.21. The van der Waals surface area contributed by atoms with E-state index in [1.54, 1.807) is 25.1 Å². The lowest BCUT2D eigenvalue weighted by atomic mass is 10.1. The molecule has 0 aliphatic carbocycles. The second-order valence-corrected chi connectivity index (χ2v) is 7.59. The minimum atomic E-state index is -0.418. The number of carbonyl (C=O) groups excluding carboxylic acids is 1. The number of nitrogens with one attached hydrogen (secondary N) is 1. The molecule has 2 heterocycles. The van der Waals surface area contributed by atoms with E-state index in [2.05, 4.69) is 15.5 Å². The van der Waals surface area contributed by atoms with Gasteiger partial charge in [-0.05, 0) is 37.6 Å². The normalized spacial score (nSPS) is 13.8. The number of nitrogens with zero attached hydrogens (tertiary/aromatic N) is 2. The number of hydrogen-bond donors (Lipinski definition) is 1. The van der Waals surface area contributed by atoms with Crippen LogP contribution < -0.4 is 14.8 Å². The zero-order chi connectivity index (χ0) is 19.5. The van der Waals surface area contributed by atoms with Crippen LogP contribution in [-0.4, -0.2) is 34.6 Å². The molecule has 4 rings (SSSR count). The number of rotatable bonds is 5. The molecule has 0 saturated heterocycles. The van der Waals surface area contributed by atoms with Crippen LogP contribution in [0.2, 0.25) is 0 Å². The minimum absolute atomic E-state index is 0.169. The summed E-state index contributed by atoms with van der Waals surface area (Å²) >= 11 is 1.21. The van der Waals surface area contributed by atoms with E-state index in [4.69, 9.17) is 13.9 Å². The van der Waals surface area contributed by atoms with Gasteiger partial charge in [-0.3, -0.25) is 4.79 Å². The zero-order valence-electron chi connectivity index (χ0n) is 15.5. The molecule has 144 valence electrons. The van der Waals surface area contributed by atoms with Gasteiger partial charge in [0.2, 0.25) is 11.8 Å². The van der Waals surface area contributed by atoms with Gasteiger partial charge in [-0.25, -0.2) is 0 Å². The number of carbonyl (C=O) groups is 1. The summed E-state index contributed by atoms with van der Waals surface area (Å²) in [5.74, 6) is 1.59. The first kappa shape index (κ1) is 18.4. The Hall–Kier alpha value is -3.00. The Morgan fingerprint density at radius 1 is 1.11 bits per heavy atom. The molecule has 1 aliphatic rings. The highest BCUT2D eigenvalue weighted by Gasteiger charge is 2.20. The second kappa shape index (κ2) is 7.93. The number of aryl methyl sites for hydroxylation is 1. The van der Waals surface area contributed by atoms with Gasteiger partial charge in [-0.15, -0.1) is 10.2 Å².